The molecule has 2 amide bonds. The summed E-state index contributed by atoms with van der Waals surface area (Å²) in [6, 6.07) is -0.758. The molecule has 0 saturated heterocycles. The number of nitrogens with zero attached hydrogens (tertiary/aromatic N) is 1. The van der Waals surface area contributed by atoms with Gasteiger partial charge in [0, 0.05) is 18.7 Å². The molecule has 3 N–H and O–H groups in total. The molecule has 1 aliphatic heterocycles. The van der Waals surface area contributed by atoms with Crippen molar-refractivity contribution in [1.82, 2.24) is 4.90 Å². The molecule has 0 spiro atoms. The molecule has 66 valence electrons. The van der Waals surface area contributed by atoms with Crippen LogP contribution in [-0.4, -0.2) is 41.5 Å². The fraction of sp³-hybridized carbons (Fsp3) is 0.429. The Balaban J connectivity index is 2.87. The molecular weight excluding hydrogens is 160 g/mol. The second kappa shape index (κ2) is 3.04. The Kier molecular flexibility index (Phi) is 2.25. The Labute approximate surface area is 69.5 Å². The molecule has 5 nitrogen and oxygen atoms in total. The van der Waals surface area contributed by atoms with Gasteiger partial charge in [-0.3, -0.25) is 14.5 Å². The van der Waals surface area contributed by atoms with Crippen molar-refractivity contribution in [2.24, 2.45) is 5.73 Å². The van der Waals surface area contributed by atoms with Crippen LogP contribution >= 0.6 is 0 Å². The van der Waals surface area contributed by atoms with Crippen molar-refractivity contribution in [2.75, 3.05) is 13.7 Å². The van der Waals surface area contributed by atoms with Crippen LogP contribution in [0.2, 0.25) is 0 Å². The minimum Gasteiger partial charge on any atom is -0.394 e. The van der Waals surface area contributed by atoms with Crippen LogP contribution in [0, 0.1) is 0 Å². The van der Waals surface area contributed by atoms with Crippen molar-refractivity contribution >= 4 is 11.8 Å². The molecule has 12 heavy (non-hydrogen) atoms. The standard InChI is InChI=1S/C7H10N2O3/c1-9-6(11)2-4(7(9)12)5(8)3-10/h2,5,10H,3,8H2,1H3. The summed E-state index contributed by atoms with van der Waals surface area (Å²) >= 11 is 0. The van der Waals surface area contributed by atoms with E-state index in [4.69, 9.17) is 10.8 Å². The number of nitrogens with two attached hydrogens (primary N) is 1. The van der Waals surface area contributed by atoms with Crippen molar-refractivity contribution in [3.8, 4) is 0 Å². The maximum absolute atomic E-state index is 11.2. The molecule has 1 rings (SSSR count). The largest absolute Gasteiger partial charge is 0.394 e. The fourth-order valence-electron chi connectivity index (χ4n) is 0.949. The summed E-state index contributed by atoms with van der Waals surface area (Å²) in [5.41, 5.74) is 5.55. The number of imide groups is 1. The first-order valence-electron chi connectivity index (χ1n) is 3.48. The summed E-state index contributed by atoms with van der Waals surface area (Å²) in [6.45, 7) is -0.335. The van der Waals surface area contributed by atoms with Gasteiger partial charge in [-0.2, -0.15) is 0 Å². The van der Waals surface area contributed by atoms with E-state index in [1.54, 1.807) is 0 Å². The maximum atomic E-state index is 11.2. The number of likely N-dealkylation sites (N-methyl/N-ethyl adjacent to an activating group) is 1. The van der Waals surface area contributed by atoms with Gasteiger partial charge in [-0.1, -0.05) is 0 Å². The van der Waals surface area contributed by atoms with E-state index < -0.39 is 11.9 Å². The van der Waals surface area contributed by atoms with Crippen LogP contribution in [0.3, 0.4) is 0 Å². The number of carbonyl (C=O) groups excluding carboxylic acids is 2. The minimum absolute atomic E-state index is 0.171. The lowest BCUT2D eigenvalue weighted by molar-refractivity contribution is -0.135. The van der Waals surface area contributed by atoms with E-state index in [-0.39, 0.29) is 18.1 Å². The van der Waals surface area contributed by atoms with Crippen LogP contribution in [0.25, 0.3) is 0 Å². The van der Waals surface area contributed by atoms with Crippen molar-refractivity contribution in [2.45, 2.75) is 6.04 Å². The van der Waals surface area contributed by atoms with E-state index >= 15 is 0 Å². The molecule has 0 bridgehead atoms. The number of carbonyl (C=O) groups is 2. The smallest absolute Gasteiger partial charge is 0.258 e. The summed E-state index contributed by atoms with van der Waals surface area (Å²) in [7, 11) is 1.37. The molecule has 0 aromatic rings. The van der Waals surface area contributed by atoms with E-state index in [1.807, 2.05) is 0 Å². The molecule has 0 aromatic carbocycles. The van der Waals surface area contributed by atoms with E-state index in [0.717, 1.165) is 11.0 Å². The quantitative estimate of drug-likeness (QED) is 0.480. The Hall–Kier alpha value is -1.20. The average molecular weight is 170 g/mol. The Bertz CT molecular complexity index is 259. The van der Waals surface area contributed by atoms with Gasteiger partial charge >= 0.3 is 0 Å². The molecule has 1 heterocycles. The van der Waals surface area contributed by atoms with Crippen LogP contribution in [0.5, 0.6) is 0 Å². The summed E-state index contributed by atoms with van der Waals surface area (Å²) in [5.74, 6) is -0.819. The zero-order valence-electron chi connectivity index (χ0n) is 6.65. The van der Waals surface area contributed by atoms with E-state index in [0.29, 0.717) is 0 Å². The lowest BCUT2D eigenvalue weighted by Crippen LogP contribution is -2.34. The van der Waals surface area contributed by atoms with E-state index in [1.165, 1.54) is 7.05 Å². The predicted octanol–water partition coefficient (Wildman–Crippen LogP) is -1.77. The van der Waals surface area contributed by atoms with Gasteiger partial charge in [0.25, 0.3) is 11.8 Å². The lowest BCUT2D eigenvalue weighted by atomic mass is 10.1. The van der Waals surface area contributed by atoms with Gasteiger partial charge in [-0.15, -0.1) is 0 Å². The van der Waals surface area contributed by atoms with Crippen LogP contribution in [-0.2, 0) is 9.59 Å². The summed E-state index contributed by atoms with van der Waals surface area (Å²) in [5, 5.41) is 8.64. The molecule has 1 atom stereocenters. The SMILES string of the molecule is CN1C(=O)C=C(C(N)CO)C1=O. The molecule has 1 unspecified atom stereocenters. The molecule has 0 aliphatic carbocycles. The monoisotopic (exact) mass is 170 g/mol. The van der Waals surface area contributed by atoms with Gasteiger partial charge in [-0.05, 0) is 0 Å². The van der Waals surface area contributed by atoms with Crippen LogP contribution in [0.15, 0.2) is 11.6 Å². The van der Waals surface area contributed by atoms with Crippen molar-refractivity contribution < 1.29 is 14.7 Å². The van der Waals surface area contributed by atoms with Crippen molar-refractivity contribution in [3.63, 3.8) is 0 Å². The highest BCUT2D eigenvalue weighted by Gasteiger charge is 2.30. The Morgan fingerprint density at radius 2 is 2.25 bits per heavy atom. The zero-order valence-corrected chi connectivity index (χ0v) is 6.65. The van der Waals surface area contributed by atoms with Crippen molar-refractivity contribution in [1.29, 1.82) is 0 Å². The second-order valence-electron chi connectivity index (χ2n) is 2.59. The first-order valence-corrected chi connectivity index (χ1v) is 3.48. The Morgan fingerprint density at radius 1 is 1.67 bits per heavy atom. The third-order valence-corrected chi connectivity index (χ3v) is 1.76. The summed E-state index contributed by atoms with van der Waals surface area (Å²) in [6.07, 6.45) is 1.16. The number of aliphatic hydroxyl groups is 1. The van der Waals surface area contributed by atoms with E-state index in [9.17, 15) is 9.59 Å². The highest BCUT2D eigenvalue weighted by atomic mass is 16.3. The summed E-state index contributed by atoms with van der Waals surface area (Å²) < 4.78 is 0. The molecule has 0 radical (unpaired) electrons. The van der Waals surface area contributed by atoms with Gasteiger partial charge < -0.3 is 10.8 Å². The van der Waals surface area contributed by atoms with Crippen LogP contribution in [0.1, 0.15) is 0 Å². The minimum atomic E-state index is -0.758. The number of aliphatic hydroxyl groups excluding tert-OH is 1. The van der Waals surface area contributed by atoms with Crippen molar-refractivity contribution in [3.05, 3.63) is 11.6 Å². The van der Waals surface area contributed by atoms with E-state index in [2.05, 4.69) is 0 Å². The number of hydrogen-bond acceptors (Lipinski definition) is 4. The molecule has 1 aliphatic rings. The third kappa shape index (κ3) is 1.24. The molecule has 0 fully saturated rings. The van der Waals surface area contributed by atoms with Gasteiger partial charge in [0.05, 0.1) is 12.6 Å². The summed E-state index contributed by atoms with van der Waals surface area (Å²) in [4.78, 5) is 23.0. The van der Waals surface area contributed by atoms with Gasteiger partial charge in [0.15, 0.2) is 0 Å². The molecule has 0 aromatic heterocycles. The van der Waals surface area contributed by atoms with Crippen LogP contribution < -0.4 is 5.73 Å². The van der Waals surface area contributed by atoms with Gasteiger partial charge in [0.1, 0.15) is 0 Å². The normalized spacial score (nSPS) is 19.9. The lowest BCUT2D eigenvalue weighted by Gasteiger charge is -2.10. The Morgan fingerprint density at radius 3 is 2.58 bits per heavy atom. The zero-order chi connectivity index (χ0) is 9.30. The first kappa shape index (κ1) is 8.89. The number of rotatable bonds is 2. The molecular formula is C7H10N2O3. The number of hydrogen-bond donors (Lipinski definition) is 2. The maximum Gasteiger partial charge on any atom is 0.258 e. The molecule has 5 heteroatoms. The molecule has 0 saturated carbocycles. The third-order valence-electron chi connectivity index (χ3n) is 1.76. The topological polar surface area (TPSA) is 83.6 Å². The fourth-order valence-corrected chi connectivity index (χ4v) is 0.949. The predicted molar refractivity (Wildman–Crippen MR) is 40.9 cm³/mol. The second-order valence-corrected chi connectivity index (χ2v) is 2.59. The van der Waals surface area contributed by atoms with Gasteiger partial charge in [-0.25, -0.2) is 0 Å². The highest BCUT2D eigenvalue weighted by Crippen LogP contribution is 2.12. The van der Waals surface area contributed by atoms with Gasteiger partial charge in [0.2, 0.25) is 0 Å². The number of amides is 2. The average Bonchev–Trinajstić information content (AvgIpc) is 2.32. The highest BCUT2D eigenvalue weighted by molar-refractivity contribution is 6.16. The first-order chi connectivity index (χ1) is 5.57. The van der Waals surface area contributed by atoms with Crippen LogP contribution in [0.4, 0.5) is 0 Å².